The van der Waals surface area contributed by atoms with Crippen LogP contribution in [0.3, 0.4) is 0 Å². The highest BCUT2D eigenvalue weighted by Gasteiger charge is 2.23. The Bertz CT molecular complexity index is 1160. The number of nitro groups is 1. The maximum atomic E-state index is 11.5. The van der Waals surface area contributed by atoms with Crippen LogP contribution in [0.25, 0.3) is 17.2 Å². The fourth-order valence-electron chi connectivity index (χ4n) is 3.51. The van der Waals surface area contributed by atoms with Gasteiger partial charge in [0.2, 0.25) is 5.82 Å². The van der Waals surface area contributed by atoms with E-state index in [0.717, 1.165) is 42.9 Å². The van der Waals surface area contributed by atoms with Gasteiger partial charge in [0.1, 0.15) is 11.5 Å². The Kier molecular flexibility index (Phi) is 5.83. The largest absolute Gasteiger partial charge is 0.358 e. The molecule has 4 rings (SSSR count). The molecule has 0 radical (unpaired) electrons. The van der Waals surface area contributed by atoms with Crippen LogP contribution in [0, 0.1) is 10.1 Å². The molecule has 0 aliphatic rings. The summed E-state index contributed by atoms with van der Waals surface area (Å²) in [6.07, 6.45) is 3.74. The molecule has 0 aliphatic heterocycles. The molecule has 0 bridgehead atoms. The third kappa shape index (κ3) is 4.20. The van der Waals surface area contributed by atoms with Gasteiger partial charge in [-0.05, 0) is 52.0 Å². The summed E-state index contributed by atoms with van der Waals surface area (Å²) >= 11 is 0. The summed E-state index contributed by atoms with van der Waals surface area (Å²) in [5, 5.41) is 29.9. The lowest BCUT2D eigenvalue weighted by molar-refractivity contribution is -0.390. The normalized spacial score (nSPS) is 11.2. The minimum Gasteiger partial charge on any atom is -0.358 e. The molecule has 31 heavy (non-hydrogen) atoms. The Morgan fingerprint density at radius 1 is 1.06 bits per heavy atom. The number of nitrogens with one attached hydrogen (secondary N) is 1. The van der Waals surface area contributed by atoms with Crippen molar-refractivity contribution < 1.29 is 4.92 Å². The van der Waals surface area contributed by atoms with Crippen LogP contribution in [-0.4, -0.2) is 44.9 Å². The first-order chi connectivity index (χ1) is 15.1. The van der Waals surface area contributed by atoms with Crippen molar-refractivity contribution in [2.24, 2.45) is 0 Å². The molecule has 11 heteroatoms. The fraction of sp³-hybridized carbons (Fsp3) is 0.350. The van der Waals surface area contributed by atoms with Crippen LogP contribution < -0.4 is 0 Å². The third-order valence-electron chi connectivity index (χ3n) is 4.90. The minimum atomic E-state index is -0.428. The van der Waals surface area contributed by atoms with Crippen molar-refractivity contribution in [2.45, 2.75) is 46.1 Å². The first-order valence-corrected chi connectivity index (χ1v) is 10.2. The van der Waals surface area contributed by atoms with Crippen LogP contribution in [0.5, 0.6) is 0 Å². The zero-order valence-electron chi connectivity index (χ0n) is 17.4. The van der Waals surface area contributed by atoms with Crippen molar-refractivity contribution in [1.29, 1.82) is 0 Å². The quantitative estimate of drug-likeness (QED) is 0.324. The van der Waals surface area contributed by atoms with E-state index in [-0.39, 0.29) is 5.82 Å². The maximum absolute atomic E-state index is 11.5. The standard InChI is InChI=1S/C20H23N9O2/c1-3-5-17-21-18(6-4-2)27(24-17)13-14-7-9-15(10-8-14)28-16(20-22-25-26-23-20)11-12-19(28)29(30)31/h7-12H,3-6,13H2,1-2H3,(H,22,23,25,26). The van der Waals surface area contributed by atoms with Gasteiger partial charge in [0, 0.05) is 18.9 Å². The molecule has 4 aromatic rings. The van der Waals surface area contributed by atoms with Gasteiger partial charge in [-0.2, -0.15) is 9.67 Å². The highest BCUT2D eigenvalue weighted by molar-refractivity contribution is 5.60. The van der Waals surface area contributed by atoms with Gasteiger partial charge < -0.3 is 10.1 Å². The third-order valence-corrected chi connectivity index (χ3v) is 4.90. The molecule has 0 unspecified atom stereocenters. The van der Waals surface area contributed by atoms with E-state index in [0.29, 0.717) is 23.8 Å². The number of aromatic amines is 1. The summed E-state index contributed by atoms with van der Waals surface area (Å²) in [7, 11) is 0. The van der Waals surface area contributed by atoms with Crippen molar-refractivity contribution in [3.05, 3.63) is 63.7 Å². The van der Waals surface area contributed by atoms with Crippen LogP contribution in [0.2, 0.25) is 0 Å². The lowest BCUT2D eigenvalue weighted by atomic mass is 10.2. The van der Waals surface area contributed by atoms with Gasteiger partial charge in [-0.15, -0.1) is 5.10 Å². The van der Waals surface area contributed by atoms with Crippen LogP contribution in [-0.2, 0) is 19.4 Å². The second-order valence-electron chi connectivity index (χ2n) is 7.19. The summed E-state index contributed by atoms with van der Waals surface area (Å²) in [4.78, 5) is 15.8. The van der Waals surface area contributed by atoms with Gasteiger partial charge in [0.25, 0.3) is 0 Å². The first-order valence-electron chi connectivity index (χ1n) is 10.2. The number of hydrogen-bond acceptors (Lipinski definition) is 7. The topological polar surface area (TPSA) is 133 Å². The molecule has 11 nitrogen and oxygen atoms in total. The summed E-state index contributed by atoms with van der Waals surface area (Å²) in [6.45, 7) is 4.83. The molecule has 1 aromatic carbocycles. The summed E-state index contributed by atoms with van der Waals surface area (Å²) in [6, 6.07) is 10.6. The fourth-order valence-corrected chi connectivity index (χ4v) is 3.51. The Hall–Kier alpha value is -3.89. The van der Waals surface area contributed by atoms with Gasteiger partial charge in [-0.25, -0.2) is 14.8 Å². The van der Waals surface area contributed by atoms with Crippen LogP contribution >= 0.6 is 0 Å². The minimum absolute atomic E-state index is 0.0649. The molecule has 0 aliphatic carbocycles. The molecule has 3 aromatic heterocycles. The number of hydrogen-bond donors (Lipinski definition) is 1. The zero-order valence-corrected chi connectivity index (χ0v) is 17.4. The predicted molar refractivity (Wildman–Crippen MR) is 113 cm³/mol. The smallest absolute Gasteiger partial charge is 0.328 e. The van der Waals surface area contributed by atoms with E-state index >= 15 is 0 Å². The number of tetrazole rings is 1. The summed E-state index contributed by atoms with van der Waals surface area (Å²) in [5.41, 5.74) is 2.19. The molecule has 0 saturated heterocycles. The van der Waals surface area contributed by atoms with E-state index in [1.54, 1.807) is 6.07 Å². The number of benzene rings is 1. The Labute approximate surface area is 178 Å². The monoisotopic (exact) mass is 421 g/mol. The van der Waals surface area contributed by atoms with Crippen molar-refractivity contribution in [2.75, 3.05) is 0 Å². The highest BCUT2D eigenvalue weighted by Crippen LogP contribution is 2.28. The molecular weight excluding hydrogens is 398 g/mol. The molecule has 3 heterocycles. The Morgan fingerprint density at radius 2 is 1.84 bits per heavy atom. The molecule has 0 fully saturated rings. The van der Waals surface area contributed by atoms with Gasteiger partial charge in [-0.1, -0.05) is 26.0 Å². The first kappa shape index (κ1) is 20.4. The van der Waals surface area contributed by atoms with Crippen LogP contribution in [0.15, 0.2) is 36.4 Å². The van der Waals surface area contributed by atoms with E-state index in [9.17, 15) is 10.1 Å². The molecule has 0 atom stereocenters. The number of H-pyrrole nitrogens is 1. The van der Waals surface area contributed by atoms with Crippen molar-refractivity contribution in [1.82, 2.24) is 40.0 Å². The second-order valence-corrected chi connectivity index (χ2v) is 7.19. The summed E-state index contributed by atoms with van der Waals surface area (Å²) < 4.78 is 3.47. The van der Waals surface area contributed by atoms with E-state index in [1.807, 2.05) is 28.9 Å². The zero-order chi connectivity index (χ0) is 21.8. The number of rotatable bonds is 9. The van der Waals surface area contributed by atoms with E-state index in [1.165, 1.54) is 10.6 Å². The highest BCUT2D eigenvalue weighted by atomic mass is 16.6. The molecule has 0 amide bonds. The van der Waals surface area contributed by atoms with Gasteiger partial charge in [0.05, 0.1) is 6.54 Å². The second kappa shape index (κ2) is 8.86. The van der Waals surface area contributed by atoms with Crippen LogP contribution in [0.1, 0.15) is 43.9 Å². The van der Waals surface area contributed by atoms with E-state index in [2.05, 4.69) is 44.6 Å². The number of aromatic nitrogens is 8. The van der Waals surface area contributed by atoms with Gasteiger partial charge >= 0.3 is 5.82 Å². The van der Waals surface area contributed by atoms with Gasteiger partial charge in [0.15, 0.2) is 11.5 Å². The molecule has 0 spiro atoms. The predicted octanol–water partition coefficient (Wildman–Crippen LogP) is 3.11. The molecule has 160 valence electrons. The van der Waals surface area contributed by atoms with E-state index < -0.39 is 4.92 Å². The Balaban J connectivity index is 1.64. The molecule has 1 N–H and O–H groups in total. The van der Waals surface area contributed by atoms with Crippen molar-refractivity contribution >= 4 is 5.82 Å². The van der Waals surface area contributed by atoms with Crippen LogP contribution in [0.4, 0.5) is 5.82 Å². The average molecular weight is 421 g/mol. The SMILES string of the molecule is CCCc1nc(CCC)n(Cc2ccc(-n3c(-c4nnn[nH]4)ccc3[N+](=O)[O-])cc2)n1. The molecular formula is C20H23N9O2. The lowest BCUT2D eigenvalue weighted by Gasteiger charge is -2.08. The van der Waals surface area contributed by atoms with Crippen molar-refractivity contribution in [3.63, 3.8) is 0 Å². The lowest BCUT2D eigenvalue weighted by Crippen LogP contribution is -2.08. The summed E-state index contributed by atoms with van der Waals surface area (Å²) in [5.74, 6) is 2.14. The number of nitrogens with zero attached hydrogens (tertiary/aromatic N) is 8. The number of aryl methyl sites for hydroxylation is 2. The van der Waals surface area contributed by atoms with Gasteiger partial charge in [-0.3, -0.25) is 0 Å². The average Bonchev–Trinajstić information content (AvgIpc) is 3.49. The molecule has 0 saturated carbocycles. The maximum Gasteiger partial charge on any atom is 0.328 e. The van der Waals surface area contributed by atoms with E-state index in [4.69, 9.17) is 0 Å². The van der Waals surface area contributed by atoms with Crippen molar-refractivity contribution in [3.8, 4) is 17.2 Å². The Morgan fingerprint density at radius 3 is 2.48 bits per heavy atom.